The zero-order valence-electron chi connectivity index (χ0n) is 33.4. The fourth-order valence-electron chi connectivity index (χ4n) is 7.32. The normalized spacial score (nSPS) is 16.7. The highest BCUT2D eigenvalue weighted by atomic mass is 35.7. The molecule has 0 amide bonds. The van der Waals surface area contributed by atoms with Crippen molar-refractivity contribution in [2.45, 2.75) is 75.0 Å². The summed E-state index contributed by atoms with van der Waals surface area (Å²) in [6, 6.07) is 23.8. The van der Waals surface area contributed by atoms with Crippen LogP contribution < -0.4 is 30.9 Å². The lowest BCUT2D eigenvalue weighted by molar-refractivity contribution is 0.580. The van der Waals surface area contributed by atoms with Crippen LogP contribution in [0.15, 0.2) is 72.8 Å². The number of hydrogen-bond acceptors (Lipinski definition) is 11. The number of nitrogens with one attached hydrogen (secondary N) is 5. The van der Waals surface area contributed by atoms with Crippen LogP contribution >= 0.6 is 33.9 Å². The number of aromatic nitrogens is 4. The summed E-state index contributed by atoms with van der Waals surface area (Å²) in [5.41, 5.74) is 15.3. The van der Waals surface area contributed by atoms with E-state index in [1.165, 1.54) is 37.1 Å². The molecular formula is C42H49Cl3N10O4S2. The molecule has 19 heteroatoms. The minimum Gasteiger partial charge on any atom is -0.371 e. The van der Waals surface area contributed by atoms with Crippen LogP contribution in [0.1, 0.15) is 62.5 Å². The minimum absolute atomic E-state index is 0.214. The molecule has 2 saturated carbocycles. The quantitative estimate of drug-likeness (QED) is 0.0642. The van der Waals surface area contributed by atoms with E-state index in [0.717, 1.165) is 90.7 Å². The summed E-state index contributed by atoms with van der Waals surface area (Å²) in [6.07, 6.45) is 8.01. The molecule has 2 aliphatic carbocycles. The van der Waals surface area contributed by atoms with Crippen LogP contribution in [0.25, 0.3) is 22.1 Å². The summed E-state index contributed by atoms with van der Waals surface area (Å²) >= 11 is 12.6. The number of aromatic amines is 2. The van der Waals surface area contributed by atoms with Gasteiger partial charge in [0.2, 0.25) is 31.0 Å². The summed E-state index contributed by atoms with van der Waals surface area (Å²) in [4.78, 5) is 20.7. The highest BCUT2D eigenvalue weighted by Crippen LogP contribution is 2.33. The van der Waals surface area contributed by atoms with E-state index < -0.39 is 19.1 Å². The van der Waals surface area contributed by atoms with Gasteiger partial charge in [0.25, 0.3) is 0 Å². The van der Waals surface area contributed by atoms with Gasteiger partial charge in [0.15, 0.2) is 0 Å². The number of hydrogen-bond donors (Lipinski definition) is 6. The van der Waals surface area contributed by atoms with Gasteiger partial charge in [0.1, 0.15) is 0 Å². The Balaban J connectivity index is 0.000000148. The van der Waals surface area contributed by atoms with Crippen LogP contribution in [0.3, 0.4) is 0 Å². The van der Waals surface area contributed by atoms with Gasteiger partial charge in [-0.05, 0) is 123 Å². The molecule has 2 aromatic heterocycles. The van der Waals surface area contributed by atoms with Gasteiger partial charge >= 0.3 is 0 Å². The third-order valence-corrected chi connectivity index (χ3v) is 15.6. The summed E-state index contributed by atoms with van der Waals surface area (Å²) in [6.45, 7) is 5.17. The second-order valence-corrected chi connectivity index (χ2v) is 21.6. The van der Waals surface area contributed by atoms with Gasteiger partial charge in [0.05, 0.1) is 54.0 Å². The van der Waals surface area contributed by atoms with E-state index in [1.807, 2.05) is 36.4 Å². The molecule has 2 aliphatic heterocycles. The van der Waals surface area contributed by atoms with Crippen LogP contribution in [0.2, 0.25) is 10.0 Å². The van der Waals surface area contributed by atoms with E-state index in [0.29, 0.717) is 34.2 Å². The van der Waals surface area contributed by atoms with Crippen LogP contribution in [-0.4, -0.2) is 73.5 Å². The van der Waals surface area contributed by atoms with Crippen molar-refractivity contribution < 1.29 is 16.8 Å². The average molecular weight is 928 g/mol. The number of H-pyrrole nitrogens is 2. The van der Waals surface area contributed by atoms with Crippen LogP contribution in [0.4, 0.5) is 34.6 Å². The number of sulfonamides is 1. The first-order valence-electron chi connectivity index (χ1n) is 20.5. The molecule has 0 bridgehead atoms. The SMILES string of the molecule is NCc1ccc(Cl)c(Nc2nc3ccc(N4CCCC4)cc3[nH]2)c1.O=S(=O)(Cl)C1CC1.O=S(=O)(NCc1ccc(Cl)c(Nc2nc3ccc(N4CCCC4)cc3[nH]2)c1)C1CC1. The predicted molar refractivity (Wildman–Crippen MR) is 249 cm³/mol. The molecule has 0 radical (unpaired) electrons. The molecule has 2 saturated heterocycles. The lowest BCUT2D eigenvalue weighted by Gasteiger charge is -2.17. The van der Waals surface area contributed by atoms with E-state index in [-0.39, 0.29) is 17.0 Å². The van der Waals surface area contributed by atoms with Crippen molar-refractivity contribution in [2.24, 2.45) is 5.73 Å². The molecule has 4 fully saturated rings. The summed E-state index contributed by atoms with van der Waals surface area (Å²) < 4.78 is 47.1. The second kappa shape index (κ2) is 18.6. The number of imidazole rings is 2. The number of rotatable bonds is 12. The number of nitrogens with two attached hydrogens (primary N) is 1. The van der Waals surface area contributed by atoms with Crippen molar-refractivity contribution in [3.8, 4) is 0 Å². The van der Waals surface area contributed by atoms with E-state index >= 15 is 0 Å². The first kappa shape index (κ1) is 43.4. The smallest absolute Gasteiger partial charge is 0.235 e. The number of anilines is 6. The van der Waals surface area contributed by atoms with E-state index in [1.54, 1.807) is 6.07 Å². The first-order chi connectivity index (χ1) is 29.3. The second-order valence-electron chi connectivity index (χ2n) is 15.8. The molecule has 0 atom stereocenters. The van der Waals surface area contributed by atoms with Gasteiger partial charge in [-0.25, -0.2) is 31.5 Å². The molecule has 0 unspecified atom stereocenters. The van der Waals surface area contributed by atoms with Crippen LogP contribution in [-0.2, 0) is 32.2 Å². The van der Waals surface area contributed by atoms with Gasteiger partial charge in [0, 0.05) is 61.3 Å². The molecule has 0 spiro atoms. The minimum atomic E-state index is -3.22. The lowest BCUT2D eigenvalue weighted by atomic mass is 10.2. The van der Waals surface area contributed by atoms with Crippen LogP contribution in [0, 0.1) is 0 Å². The molecule has 7 N–H and O–H groups in total. The number of benzene rings is 4. The van der Waals surface area contributed by atoms with E-state index in [9.17, 15) is 16.8 Å². The third-order valence-electron chi connectivity index (χ3n) is 11.0. The van der Waals surface area contributed by atoms with Gasteiger partial charge in [-0.2, -0.15) is 0 Å². The maximum atomic E-state index is 12.1. The van der Waals surface area contributed by atoms with Crippen molar-refractivity contribution in [1.82, 2.24) is 24.7 Å². The predicted octanol–water partition coefficient (Wildman–Crippen LogP) is 8.88. The summed E-state index contributed by atoms with van der Waals surface area (Å²) in [5.74, 6) is 1.28. The first-order valence-corrected chi connectivity index (χ1v) is 25.2. The van der Waals surface area contributed by atoms with Crippen molar-refractivity contribution >= 4 is 110 Å². The molecule has 10 rings (SSSR count). The van der Waals surface area contributed by atoms with Crippen LogP contribution in [0.5, 0.6) is 0 Å². The van der Waals surface area contributed by atoms with Crippen molar-refractivity contribution in [3.63, 3.8) is 0 Å². The van der Waals surface area contributed by atoms with Gasteiger partial charge < -0.3 is 36.1 Å². The zero-order valence-corrected chi connectivity index (χ0v) is 37.3. The van der Waals surface area contributed by atoms with Crippen molar-refractivity contribution in [2.75, 3.05) is 46.6 Å². The Morgan fingerprint density at radius 1 is 0.639 bits per heavy atom. The van der Waals surface area contributed by atoms with Gasteiger partial charge in [-0.1, -0.05) is 35.3 Å². The van der Waals surface area contributed by atoms with Gasteiger partial charge in [-0.3, -0.25) is 0 Å². The molecule has 14 nitrogen and oxygen atoms in total. The largest absolute Gasteiger partial charge is 0.371 e. The highest BCUT2D eigenvalue weighted by molar-refractivity contribution is 8.14. The number of halogens is 3. The number of nitrogens with zero attached hydrogens (tertiary/aromatic N) is 4. The molecule has 4 aromatic carbocycles. The third kappa shape index (κ3) is 11.2. The Morgan fingerprint density at radius 3 is 1.52 bits per heavy atom. The topological polar surface area (TPSA) is 194 Å². The van der Waals surface area contributed by atoms with Gasteiger partial charge in [-0.15, -0.1) is 0 Å². The van der Waals surface area contributed by atoms with Crippen molar-refractivity contribution in [3.05, 3.63) is 94.0 Å². The molecule has 4 aliphatic rings. The fourth-order valence-corrected chi connectivity index (χ4v) is 10.2. The standard InChI is InChI=1S/C21H24ClN5O2S.C18H20ClN5.C3H5ClO2S/c22-17-7-3-14(13-23-30(28,29)16-5-6-16)11-19(17)25-21-24-18-8-4-15(12-20(18)26-21)27-9-1-2-10-27;19-14-5-3-12(11-20)9-16(14)22-18-21-15-6-4-13(10-17(15)23-18)24-7-1-2-8-24;4-7(5,6)3-1-2-3/h3-4,7-8,11-12,16,23H,1-2,5-6,9-10,13H2,(H2,24,25,26);3-6,9-10H,1-2,7-8,11,20H2,(H2,21,22,23);3H,1-2H2. The highest BCUT2D eigenvalue weighted by Gasteiger charge is 2.35. The Morgan fingerprint density at radius 2 is 1.10 bits per heavy atom. The van der Waals surface area contributed by atoms with E-state index in [4.69, 9.17) is 39.6 Å². The monoisotopic (exact) mass is 926 g/mol. The Labute approximate surface area is 370 Å². The van der Waals surface area contributed by atoms with E-state index in [2.05, 4.69) is 75.4 Å². The van der Waals surface area contributed by atoms with Crippen molar-refractivity contribution in [1.29, 1.82) is 0 Å². The Kier molecular flexibility index (Phi) is 13.2. The zero-order chi connectivity index (χ0) is 42.7. The molecule has 61 heavy (non-hydrogen) atoms. The number of fused-ring (bicyclic) bond motifs is 2. The summed E-state index contributed by atoms with van der Waals surface area (Å²) in [7, 11) is -1.48. The fraction of sp³-hybridized carbons (Fsp3) is 0.381. The molecular weight excluding hydrogens is 879 g/mol. The Bertz CT molecular complexity index is 2730. The maximum Gasteiger partial charge on any atom is 0.235 e. The summed E-state index contributed by atoms with van der Waals surface area (Å²) in [5, 5.41) is 7.23. The Hall–Kier alpha value is -4.29. The maximum absolute atomic E-state index is 12.1. The molecule has 4 heterocycles. The molecule has 324 valence electrons. The average Bonchev–Trinajstić information content (AvgIpc) is 4.05. The molecule has 6 aromatic rings. The lowest BCUT2D eigenvalue weighted by Crippen LogP contribution is -2.26.